The fourth-order valence-electron chi connectivity index (χ4n) is 2.10. The second kappa shape index (κ2) is 6.72. The Bertz CT molecular complexity index is 747. The predicted molar refractivity (Wildman–Crippen MR) is 88.7 cm³/mol. The molecule has 0 saturated carbocycles. The van der Waals surface area contributed by atoms with Crippen molar-refractivity contribution >= 4 is 27.3 Å². The predicted octanol–water partition coefficient (Wildman–Crippen LogP) is 1.93. The lowest BCUT2D eigenvalue weighted by Gasteiger charge is -2.21. The van der Waals surface area contributed by atoms with Crippen LogP contribution in [0.4, 0.5) is 0 Å². The highest BCUT2D eigenvalue weighted by atomic mass is 79.9. The standard InChI is InChI=1S/C14H18BrN3O2S/c1-4-18(9-11-5-6-12(15)21-11)8-10-7-13(19)17(3)14(20)16(10)2/h5-7H,4,8-9H2,1-3H3. The summed E-state index contributed by atoms with van der Waals surface area (Å²) in [5.74, 6) is 0. The zero-order valence-corrected chi connectivity index (χ0v) is 14.7. The normalized spacial score (nSPS) is 11.3. The van der Waals surface area contributed by atoms with Crippen LogP contribution < -0.4 is 11.2 Å². The summed E-state index contributed by atoms with van der Waals surface area (Å²) >= 11 is 5.16. The summed E-state index contributed by atoms with van der Waals surface area (Å²) in [6.45, 7) is 4.30. The lowest BCUT2D eigenvalue weighted by atomic mass is 10.3. The molecule has 0 N–H and O–H groups in total. The number of nitrogens with zero attached hydrogens (tertiary/aromatic N) is 3. The molecule has 2 rings (SSSR count). The minimum Gasteiger partial charge on any atom is -0.299 e. The quantitative estimate of drug-likeness (QED) is 0.806. The monoisotopic (exact) mass is 371 g/mol. The third-order valence-electron chi connectivity index (χ3n) is 3.47. The maximum absolute atomic E-state index is 11.9. The van der Waals surface area contributed by atoms with Gasteiger partial charge < -0.3 is 0 Å². The molecule has 0 spiro atoms. The molecule has 0 aromatic carbocycles. The topological polar surface area (TPSA) is 47.2 Å². The molecule has 0 unspecified atom stereocenters. The Kier molecular flexibility index (Phi) is 5.18. The maximum Gasteiger partial charge on any atom is 0.330 e. The van der Waals surface area contributed by atoms with Crippen LogP contribution in [0, 0.1) is 0 Å². The van der Waals surface area contributed by atoms with Crippen LogP contribution in [-0.2, 0) is 27.2 Å². The van der Waals surface area contributed by atoms with E-state index < -0.39 is 0 Å². The highest BCUT2D eigenvalue weighted by molar-refractivity contribution is 9.11. The maximum atomic E-state index is 11.9. The van der Waals surface area contributed by atoms with E-state index in [2.05, 4.69) is 33.8 Å². The number of hydrogen-bond donors (Lipinski definition) is 0. The average molecular weight is 372 g/mol. The van der Waals surface area contributed by atoms with Crippen molar-refractivity contribution in [3.05, 3.63) is 53.4 Å². The first kappa shape index (κ1) is 16.2. The van der Waals surface area contributed by atoms with Crippen molar-refractivity contribution in [3.63, 3.8) is 0 Å². The molecule has 2 aromatic rings. The van der Waals surface area contributed by atoms with Crippen LogP contribution in [0.1, 0.15) is 17.5 Å². The van der Waals surface area contributed by atoms with Crippen LogP contribution in [0.5, 0.6) is 0 Å². The molecule has 0 aliphatic carbocycles. The molecule has 7 heteroatoms. The molecule has 5 nitrogen and oxygen atoms in total. The lowest BCUT2D eigenvalue weighted by molar-refractivity contribution is 0.265. The summed E-state index contributed by atoms with van der Waals surface area (Å²) < 4.78 is 3.76. The van der Waals surface area contributed by atoms with E-state index >= 15 is 0 Å². The van der Waals surface area contributed by atoms with Crippen molar-refractivity contribution in [3.8, 4) is 0 Å². The third kappa shape index (κ3) is 3.72. The minimum absolute atomic E-state index is 0.261. The van der Waals surface area contributed by atoms with E-state index in [1.807, 2.05) is 6.07 Å². The van der Waals surface area contributed by atoms with Crippen molar-refractivity contribution in [1.29, 1.82) is 0 Å². The van der Waals surface area contributed by atoms with E-state index in [0.717, 1.165) is 27.1 Å². The van der Waals surface area contributed by atoms with Crippen LogP contribution in [0.2, 0.25) is 0 Å². The first-order valence-electron chi connectivity index (χ1n) is 6.65. The van der Waals surface area contributed by atoms with Crippen molar-refractivity contribution in [2.45, 2.75) is 20.0 Å². The van der Waals surface area contributed by atoms with Gasteiger partial charge in [-0.15, -0.1) is 11.3 Å². The van der Waals surface area contributed by atoms with Crippen molar-refractivity contribution < 1.29 is 0 Å². The summed E-state index contributed by atoms with van der Waals surface area (Å²) in [5.41, 5.74) is 0.191. The fraction of sp³-hybridized carbons (Fsp3) is 0.429. The second-order valence-corrected chi connectivity index (χ2v) is 7.43. The van der Waals surface area contributed by atoms with E-state index in [9.17, 15) is 9.59 Å². The second-order valence-electron chi connectivity index (χ2n) is 4.88. The van der Waals surface area contributed by atoms with Gasteiger partial charge in [0.15, 0.2) is 0 Å². The van der Waals surface area contributed by atoms with Gasteiger partial charge in [0.2, 0.25) is 0 Å². The van der Waals surface area contributed by atoms with Crippen LogP contribution in [-0.4, -0.2) is 20.6 Å². The van der Waals surface area contributed by atoms with Gasteiger partial charge in [-0.2, -0.15) is 0 Å². The number of hydrogen-bond acceptors (Lipinski definition) is 4. The Hall–Kier alpha value is -1.18. The molecule has 0 aliphatic heterocycles. The largest absolute Gasteiger partial charge is 0.330 e. The summed E-state index contributed by atoms with van der Waals surface area (Å²) in [6.07, 6.45) is 0. The van der Waals surface area contributed by atoms with Crippen molar-refractivity contribution in [1.82, 2.24) is 14.0 Å². The molecule has 0 saturated heterocycles. The van der Waals surface area contributed by atoms with Gasteiger partial charge in [0.1, 0.15) is 0 Å². The lowest BCUT2D eigenvalue weighted by Crippen LogP contribution is -2.39. The Morgan fingerprint density at radius 3 is 2.48 bits per heavy atom. The Morgan fingerprint density at radius 2 is 1.90 bits per heavy atom. The average Bonchev–Trinajstić information content (AvgIpc) is 2.86. The molecule has 0 bridgehead atoms. The van der Waals surface area contributed by atoms with Gasteiger partial charge in [-0.05, 0) is 34.6 Å². The van der Waals surface area contributed by atoms with E-state index in [1.165, 1.54) is 22.6 Å². The summed E-state index contributed by atoms with van der Waals surface area (Å²) in [5, 5.41) is 0. The smallest absolute Gasteiger partial charge is 0.299 e. The molecule has 2 aromatic heterocycles. The molecular formula is C14H18BrN3O2S. The minimum atomic E-state index is -0.285. The molecule has 0 aliphatic rings. The fourth-order valence-corrected chi connectivity index (χ4v) is 3.62. The van der Waals surface area contributed by atoms with Crippen LogP contribution in [0.15, 0.2) is 31.6 Å². The van der Waals surface area contributed by atoms with Crippen molar-refractivity contribution in [2.24, 2.45) is 14.1 Å². The number of thiophene rings is 1. The summed E-state index contributed by atoms with van der Waals surface area (Å²) in [6, 6.07) is 5.65. The Morgan fingerprint density at radius 1 is 1.19 bits per heavy atom. The van der Waals surface area contributed by atoms with E-state index in [4.69, 9.17) is 0 Å². The summed E-state index contributed by atoms with van der Waals surface area (Å²) in [4.78, 5) is 27.2. The third-order valence-corrected chi connectivity index (χ3v) is 5.07. The van der Waals surface area contributed by atoms with Crippen molar-refractivity contribution in [2.75, 3.05) is 6.54 Å². The van der Waals surface area contributed by atoms with E-state index in [-0.39, 0.29) is 11.2 Å². The Balaban J connectivity index is 2.23. The molecule has 114 valence electrons. The number of aromatic nitrogens is 2. The summed E-state index contributed by atoms with van der Waals surface area (Å²) in [7, 11) is 3.20. The van der Waals surface area contributed by atoms with Gasteiger partial charge >= 0.3 is 5.69 Å². The van der Waals surface area contributed by atoms with E-state index in [1.54, 1.807) is 18.4 Å². The molecule has 21 heavy (non-hydrogen) atoms. The first-order valence-corrected chi connectivity index (χ1v) is 8.25. The SMILES string of the molecule is CCN(Cc1ccc(Br)s1)Cc1cc(=O)n(C)c(=O)n1C. The molecule has 0 radical (unpaired) electrons. The first-order chi connectivity index (χ1) is 9.92. The van der Waals surface area contributed by atoms with E-state index in [0.29, 0.717) is 6.54 Å². The zero-order valence-electron chi connectivity index (χ0n) is 12.3. The highest BCUT2D eigenvalue weighted by Crippen LogP contribution is 2.23. The number of halogens is 1. The van der Waals surface area contributed by atoms with Gasteiger partial charge in [0.25, 0.3) is 5.56 Å². The molecule has 0 fully saturated rings. The van der Waals surface area contributed by atoms with Crippen LogP contribution in [0.3, 0.4) is 0 Å². The van der Waals surface area contributed by atoms with Gasteiger partial charge in [0.05, 0.1) is 3.79 Å². The Labute approximate surface area is 135 Å². The molecule has 2 heterocycles. The van der Waals surface area contributed by atoms with Crippen LogP contribution >= 0.6 is 27.3 Å². The van der Waals surface area contributed by atoms with Gasteiger partial charge in [-0.25, -0.2) is 4.79 Å². The van der Waals surface area contributed by atoms with Gasteiger partial charge in [-0.1, -0.05) is 6.92 Å². The molecule has 0 amide bonds. The molecule has 0 atom stereocenters. The van der Waals surface area contributed by atoms with Gasteiger partial charge in [0, 0.05) is 43.8 Å². The van der Waals surface area contributed by atoms with Crippen LogP contribution in [0.25, 0.3) is 0 Å². The zero-order chi connectivity index (χ0) is 15.6. The van der Waals surface area contributed by atoms with Gasteiger partial charge in [-0.3, -0.25) is 18.8 Å². The number of rotatable bonds is 5. The molecular weight excluding hydrogens is 354 g/mol. The highest BCUT2D eigenvalue weighted by Gasteiger charge is 2.11.